The van der Waals surface area contributed by atoms with E-state index < -0.39 is 0 Å². The van der Waals surface area contributed by atoms with Gasteiger partial charge in [0.2, 0.25) is 0 Å². The Morgan fingerprint density at radius 1 is 1.46 bits per heavy atom. The first-order valence-corrected chi connectivity index (χ1v) is 10.1. The maximum Gasteiger partial charge on any atom is 0.259 e. The molecule has 0 radical (unpaired) electrons. The van der Waals surface area contributed by atoms with Gasteiger partial charge in [-0.25, -0.2) is 9.97 Å². The number of carbonyl (C=O) groups excluding carboxylic acids is 1. The van der Waals surface area contributed by atoms with Crippen molar-refractivity contribution in [2.45, 2.75) is 38.8 Å². The van der Waals surface area contributed by atoms with Crippen molar-refractivity contribution in [3.63, 3.8) is 0 Å². The van der Waals surface area contributed by atoms with Crippen LogP contribution in [-0.4, -0.2) is 51.8 Å². The fourth-order valence-electron chi connectivity index (χ4n) is 3.62. The summed E-state index contributed by atoms with van der Waals surface area (Å²) < 4.78 is 0. The van der Waals surface area contributed by atoms with Crippen molar-refractivity contribution in [2.24, 2.45) is 0 Å². The van der Waals surface area contributed by atoms with Crippen LogP contribution in [0.2, 0.25) is 0 Å². The SMILES string of the molecule is Cc1c[nH]c2ncnc(N3C=C(C(=O)NC(C)C4CCCN4)SCC3)c12. The third-order valence-corrected chi connectivity index (χ3v) is 6.05. The number of carbonyl (C=O) groups is 1. The molecule has 0 aliphatic carbocycles. The van der Waals surface area contributed by atoms with Crippen LogP contribution in [-0.2, 0) is 4.79 Å². The summed E-state index contributed by atoms with van der Waals surface area (Å²) in [6, 6.07) is 0.493. The number of anilines is 1. The highest BCUT2D eigenvalue weighted by Crippen LogP contribution is 2.30. The highest BCUT2D eigenvalue weighted by molar-refractivity contribution is 8.04. The van der Waals surface area contributed by atoms with E-state index in [2.05, 4.69) is 37.4 Å². The van der Waals surface area contributed by atoms with Crippen molar-refractivity contribution < 1.29 is 4.79 Å². The van der Waals surface area contributed by atoms with Gasteiger partial charge in [-0.1, -0.05) is 0 Å². The van der Waals surface area contributed by atoms with Crippen molar-refractivity contribution in [2.75, 3.05) is 23.7 Å². The Kier molecular flexibility index (Phi) is 4.86. The minimum atomic E-state index is -0.00279. The second-order valence-corrected chi connectivity index (χ2v) is 8.03. The summed E-state index contributed by atoms with van der Waals surface area (Å²) in [6.45, 7) is 5.97. The van der Waals surface area contributed by atoms with Crippen LogP contribution in [0.4, 0.5) is 5.82 Å². The van der Waals surface area contributed by atoms with Crippen molar-refractivity contribution >= 4 is 34.5 Å². The number of hydrogen-bond donors (Lipinski definition) is 3. The highest BCUT2D eigenvalue weighted by atomic mass is 32.2. The van der Waals surface area contributed by atoms with Gasteiger partial charge in [0, 0.05) is 36.8 Å². The molecule has 0 saturated carbocycles. The standard InChI is InChI=1S/C18H24N6OS/c1-11-8-20-16-15(11)17(22-10-21-16)24-6-7-26-14(9-24)18(25)23-12(2)13-4-3-5-19-13/h8-10,12-13,19H,3-7H2,1-2H3,(H,23,25)(H,20,21,22). The molecule has 2 aromatic rings. The monoisotopic (exact) mass is 372 g/mol. The maximum atomic E-state index is 12.7. The van der Waals surface area contributed by atoms with Crippen molar-refractivity contribution in [1.82, 2.24) is 25.6 Å². The predicted molar refractivity (Wildman–Crippen MR) is 105 cm³/mol. The molecule has 2 aliphatic heterocycles. The number of fused-ring (bicyclic) bond motifs is 1. The van der Waals surface area contributed by atoms with Gasteiger partial charge in [-0.15, -0.1) is 11.8 Å². The van der Waals surface area contributed by atoms with Gasteiger partial charge in [-0.3, -0.25) is 4.79 Å². The summed E-state index contributed by atoms with van der Waals surface area (Å²) in [7, 11) is 0. The topological polar surface area (TPSA) is 85.9 Å². The number of H-pyrrole nitrogens is 1. The quantitative estimate of drug-likeness (QED) is 0.760. The van der Waals surface area contributed by atoms with Crippen LogP contribution in [0.25, 0.3) is 11.0 Å². The third-order valence-electron chi connectivity index (χ3n) is 5.07. The molecule has 2 unspecified atom stereocenters. The van der Waals surface area contributed by atoms with Crippen molar-refractivity contribution in [3.05, 3.63) is 29.2 Å². The first-order chi connectivity index (χ1) is 12.6. The summed E-state index contributed by atoms with van der Waals surface area (Å²) in [5, 5.41) is 7.61. The molecule has 1 amide bonds. The molecule has 4 heterocycles. The summed E-state index contributed by atoms with van der Waals surface area (Å²) in [6.07, 6.45) is 7.72. The smallest absolute Gasteiger partial charge is 0.259 e. The molecule has 4 rings (SSSR count). The molecule has 7 nitrogen and oxygen atoms in total. The number of nitrogens with zero attached hydrogens (tertiary/aromatic N) is 3. The largest absolute Gasteiger partial charge is 0.348 e. The first-order valence-electron chi connectivity index (χ1n) is 9.07. The number of amides is 1. The summed E-state index contributed by atoms with van der Waals surface area (Å²) in [4.78, 5) is 27.5. The zero-order valence-electron chi connectivity index (χ0n) is 15.1. The van der Waals surface area contributed by atoms with Gasteiger partial charge in [0.1, 0.15) is 17.8 Å². The lowest BCUT2D eigenvalue weighted by molar-refractivity contribution is -0.117. The Morgan fingerprint density at radius 2 is 2.35 bits per heavy atom. The van der Waals surface area contributed by atoms with Gasteiger partial charge in [0.05, 0.1) is 10.3 Å². The second-order valence-electron chi connectivity index (χ2n) is 6.89. The first kappa shape index (κ1) is 17.4. The van der Waals surface area contributed by atoms with Crippen LogP contribution in [0.3, 0.4) is 0 Å². The minimum Gasteiger partial charge on any atom is -0.348 e. The maximum absolute atomic E-state index is 12.7. The Balaban J connectivity index is 1.55. The van der Waals surface area contributed by atoms with E-state index in [1.54, 1.807) is 18.1 Å². The number of nitrogens with one attached hydrogen (secondary N) is 3. The molecule has 2 aliphatic rings. The average Bonchev–Trinajstić information content (AvgIpc) is 3.32. The van der Waals surface area contributed by atoms with Crippen LogP contribution in [0.15, 0.2) is 23.6 Å². The molecule has 1 fully saturated rings. The minimum absolute atomic E-state index is 0.00279. The number of thioether (sulfide) groups is 1. The Labute approximate surface area is 157 Å². The fourth-order valence-corrected chi connectivity index (χ4v) is 4.52. The van der Waals surface area contributed by atoms with E-state index in [4.69, 9.17) is 0 Å². The van der Waals surface area contributed by atoms with E-state index in [0.717, 1.165) is 52.6 Å². The lowest BCUT2D eigenvalue weighted by Gasteiger charge is -2.27. The number of aromatic nitrogens is 3. The molecule has 0 bridgehead atoms. The fraction of sp³-hybridized carbons (Fsp3) is 0.500. The number of hydrogen-bond acceptors (Lipinski definition) is 6. The molecule has 0 spiro atoms. The zero-order chi connectivity index (χ0) is 18.1. The third kappa shape index (κ3) is 3.31. The van der Waals surface area contributed by atoms with Crippen molar-refractivity contribution in [3.8, 4) is 0 Å². The molecule has 2 aromatic heterocycles. The molecule has 8 heteroatoms. The van der Waals surface area contributed by atoms with Crippen LogP contribution < -0.4 is 15.5 Å². The van der Waals surface area contributed by atoms with Gasteiger partial charge in [-0.05, 0) is 38.8 Å². The summed E-state index contributed by atoms with van der Waals surface area (Å²) >= 11 is 1.60. The van der Waals surface area contributed by atoms with Crippen LogP contribution in [0.1, 0.15) is 25.3 Å². The highest BCUT2D eigenvalue weighted by Gasteiger charge is 2.26. The van der Waals surface area contributed by atoms with Crippen LogP contribution in [0.5, 0.6) is 0 Å². The second kappa shape index (κ2) is 7.28. The summed E-state index contributed by atoms with van der Waals surface area (Å²) in [5.74, 6) is 1.70. The predicted octanol–water partition coefficient (Wildman–Crippen LogP) is 1.92. The van der Waals surface area contributed by atoms with E-state index in [0.29, 0.717) is 6.04 Å². The van der Waals surface area contributed by atoms with Crippen LogP contribution >= 0.6 is 11.8 Å². The molecule has 1 saturated heterocycles. The van der Waals surface area contributed by atoms with E-state index in [1.165, 1.54) is 6.42 Å². The molecule has 2 atom stereocenters. The Morgan fingerprint density at radius 3 is 3.15 bits per heavy atom. The number of rotatable bonds is 4. The lowest BCUT2D eigenvalue weighted by atomic mass is 10.1. The zero-order valence-corrected chi connectivity index (χ0v) is 15.9. The van der Waals surface area contributed by atoms with E-state index >= 15 is 0 Å². The van der Waals surface area contributed by atoms with Gasteiger partial charge in [0.25, 0.3) is 5.91 Å². The van der Waals surface area contributed by atoms with Gasteiger partial charge in [0.15, 0.2) is 0 Å². The summed E-state index contributed by atoms with van der Waals surface area (Å²) in [5.41, 5.74) is 1.93. The van der Waals surface area contributed by atoms with Gasteiger partial charge < -0.3 is 20.5 Å². The number of aromatic amines is 1. The normalized spacial score (nSPS) is 21.7. The molecule has 0 aromatic carbocycles. The molecule has 138 valence electrons. The molecular formula is C18H24N6OS. The van der Waals surface area contributed by atoms with E-state index in [-0.39, 0.29) is 11.9 Å². The van der Waals surface area contributed by atoms with E-state index in [1.807, 2.05) is 19.3 Å². The average molecular weight is 372 g/mol. The van der Waals surface area contributed by atoms with Gasteiger partial charge >= 0.3 is 0 Å². The Hall–Kier alpha value is -2.06. The number of aryl methyl sites for hydroxylation is 1. The molecule has 3 N–H and O–H groups in total. The lowest BCUT2D eigenvalue weighted by Crippen LogP contribution is -2.46. The van der Waals surface area contributed by atoms with Crippen LogP contribution in [0, 0.1) is 6.92 Å². The van der Waals surface area contributed by atoms with Gasteiger partial charge in [-0.2, -0.15) is 0 Å². The molecular weight excluding hydrogens is 348 g/mol. The molecule has 26 heavy (non-hydrogen) atoms. The Bertz CT molecular complexity index is 841. The van der Waals surface area contributed by atoms with E-state index in [9.17, 15) is 4.79 Å². The van der Waals surface area contributed by atoms with Crippen molar-refractivity contribution in [1.29, 1.82) is 0 Å².